The summed E-state index contributed by atoms with van der Waals surface area (Å²) in [7, 11) is 0. The van der Waals surface area contributed by atoms with E-state index in [0.717, 1.165) is 19.3 Å². The Bertz CT molecular complexity index is 479. The Hall–Kier alpha value is -2.12. The van der Waals surface area contributed by atoms with Gasteiger partial charge in [0.25, 0.3) is 5.91 Å². The minimum atomic E-state index is -0.937. The summed E-state index contributed by atoms with van der Waals surface area (Å²) >= 11 is 0. The van der Waals surface area contributed by atoms with Gasteiger partial charge in [-0.2, -0.15) is 0 Å². The van der Waals surface area contributed by atoms with Gasteiger partial charge in [-0.25, -0.2) is 4.63 Å². The second-order valence-electron chi connectivity index (χ2n) is 4.86. The van der Waals surface area contributed by atoms with Crippen LogP contribution in [-0.4, -0.2) is 32.8 Å². The first-order valence-electron chi connectivity index (χ1n) is 6.15. The molecule has 1 aromatic rings. The summed E-state index contributed by atoms with van der Waals surface area (Å²) in [6.07, 6.45) is 3.99. The van der Waals surface area contributed by atoms with Crippen molar-refractivity contribution >= 4 is 17.7 Å². The van der Waals surface area contributed by atoms with Crippen molar-refractivity contribution in [1.29, 1.82) is 0 Å². The third kappa shape index (κ3) is 3.01. The van der Waals surface area contributed by atoms with E-state index in [1.165, 1.54) is 0 Å². The lowest BCUT2D eigenvalue weighted by molar-refractivity contribution is -0.139. The van der Waals surface area contributed by atoms with E-state index in [-0.39, 0.29) is 17.9 Å². The number of carboxylic acid groups (broad SMARTS) is 1. The van der Waals surface area contributed by atoms with E-state index in [9.17, 15) is 9.59 Å². The Morgan fingerprint density at radius 2 is 2.00 bits per heavy atom. The molecule has 2 rings (SSSR count). The molecular weight excluding hydrogens is 252 g/mol. The van der Waals surface area contributed by atoms with Crippen LogP contribution in [0.3, 0.4) is 0 Å². The van der Waals surface area contributed by atoms with Gasteiger partial charge in [0, 0.05) is 0 Å². The predicted octanol–water partition coefficient (Wildman–Crippen LogP) is 0.559. The fourth-order valence-electron chi connectivity index (χ4n) is 2.52. The fraction of sp³-hybridized carbons (Fsp3) is 0.636. The van der Waals surface area contributed by atoms with Gasteiger partial charge in [-0.3, -0.25) is 9.59 Å². The van der Waals surface area contributed by atoms with Crippen LogP contribution in [0.1, 0.15) is 49.0 Å². The molecule has 8 heteroatoms. The normalized spacial score (nSPS) is 17.9. The summed E-state index contributed by atoms with van der Waals surface area (Å²) < 4.78 is 4.37. The highest BCUT2D eigenvalue weighted by Crippen LogP contribution is 2.31. The highest BCUT2D eigenvalue weighted by atomic mass is 16.6. The number of nitrogens with two attached hydrogens (primary N) is 1. The molecule has 0 radical (unpaired) electrons. The second kappa shape index (κ2) is 5.25. The van der Waals surface area contributed by atoms with E-state index in [1.54, 1.807) is 0 Å². The molecule has 1 aromatic heterocycles. The van der Waals surface area contributed by atoms with Gasteiger partial charge in [-0.05, 0) is 23.2 Å². The van der Waals surface area contributed by atoms with Crippen LogP contribution in [0.15, 0.2) is 4.63 Å². The Morgan fingerprint density at radius 1 is 1.32 bits per heavy atom. The van der Waals surface area contributed by atoms with Gasteiger partial charge < -0.3 is 16.2 Å². The molecule has 0 atom stereocenters. The molecule has 1 amide bonds. The smallest absolute Gasteiger partial charge is 0.305 e. The number of rotatable bonds is 4. The number of hydrogen-bond donors (Lipinski definition) is 3. The Balaban J connectivity index is 2.14. The van der Waals surface area contributed by atoms with E-state index in [0.29, 0.717) is 12.8 Å². The van der Waals surface area contributed by atoms with Crippen molar-refractivity contribution in [2.45, 2.75) is 44.1 Å². The van der Waals surface area contributed by atoms with Crippen LogP contribution in [-0.2, 0) is 4.79 Å². The molecule has 19 heavy (non-hydrogen) atoms. The molecule has 0 aliphatic heterocycles. The number of carbonyl (C=O) groups is 2. The molecular formula is C11H16N4O4. The number of nitrogens with one attached hydrogen (secondary N) is 1. The summed E-state index contributed by atoms with van der Waals surface area (Å²) in [6.45, 7) is 0. The minimum absolute atomic E-state index is 0.0983. The van der Waals surface area contributed by atoms with E-state index in [1.807, 2.05) is 0 Å². The van der Waals surface area contributed by atoms with Crippen molar-refractivity contribution in [2.75, 3.05) is 5.73 Å². The van der Waals surface area contributed by atoms with Crippen LogP contribution in [0.5, 0.6) is 0 Å². The molecule has 0 saturated heterocycles. The molecule has 1 heterocycles. The van der Waals surface area contributed by atoms with Gasteiger partial charge in [0.05, 0.1) is 12.0 Å². The quantitative estimate of drug-likeness (QED) is 0.726. The topological polar surface area (TPSA) is 131 Å². The average Bonchev–Trinajstić information content (AvgIpc) is 2.75. The maximum absolute atomic E-state index is 12.0. The number of amides is 1. The van der Waals surface area contributed by atoms with Crippen molar-refractivity contribution in [3.8, 4) is 0 Å². The molecule has 1 saturated carbocycles. The number of carbonyl (C=O) groups excluding carboxylic acids is 1. The van der Waals surface area contributed by atoms with Crippen molar-refractivity contribution in [3.63, 3.8) is 0 Å². The number of nitrogen functional groups attached to an aromatic ring is 1. The van der Waals surface area contributed by atoms with Crippen LogP contribution in [0.4, 0.5) is 5.82 Å². The zero-order chi connectivity index (χ0) is 13.9. The first-order valence-corrected chi connectivity index (χ1v) is 6.15. The number of carboxylic acids is 1. The molecule has 104 valence electrons. The van der Waals surface area contributed by atoms with Gasteiger partial charge in [-0.1, -0.05) is 19.3 Å². The average molecular weight is 268 g/mol. The van der Waals surface area contributed by atoms with Gasteiger partial charge in [0.1, 0.15) is 0 Å². The third-order valence-electron chi connectivity index (χ3n) is 3.41. The number of anilines is 1. The van der Waals surface area contributed by atoms with Crippen molar-refractivity contribution in [3.05, 3.63) is 5.69 Å². The monoisotopic (exact) mass is 268 g/mol. The predicted molar refractivity (Wildman–Crippen MR) is 64.2 cm³/mol. The SMILES string of the molecule is Nc1nonc1C(=O)NC1(CC(=O)O)CCCCC1. The van der Waals surface area contributed by atoms with Gasteiger partial charge >= 0.3 is 5.97 Å². The summed E-state index contributed by atoms with van der Waals surface area (Å²) in [5.41, 5.74) is 4.62. The van der Waals surface area contributed by atoms with Gasteiger partial charge in [-0.15, -0.1) is 0 Å². The Morgan fingerprint density at radius 3 is 2.53 bits per heavy atom. The lowest BCUT2D eigenvalue weighted by atomic mass is 9.79. The summed E-state index contributed by atoms with van der Waals surface area (Å²) in [5, 5.41) is 18.5. The number of aliphatic carboxylic acids is 1. The highest BCUT2D eigenvalue weighted by Gasteiger charge is 2.37. The zero-order valence-electron chi connectivity index (χ0n) is 10.4. The van der Waals surface area contributed by atoms with E-state index >= 15 is 0 Å². The van der Waals surface area contributed by atoms with Gasteiger partial charge in [0.2, 0.25) is 11.5 Å². The van der Waals surface area contributed by atoms with E-state index < -0.39 is 17.4 Å². The number of nitrogens with zero attached hydrogens (tertiary/aromatic N) is 2. The number of hydrogen-bond acceptors (Lipinski definition) is 6. The third-order valence-corrected chi connectivity index (χ3v) is 3.41. The fourth-order valence-corrected chi connectivity index (χ4v) is 2.52. The largest absolute Gasteiger partial charge is 0.481 e. The summed E-state index contributed by atoms with van der Waals surface area (Å²) in [5.74, 6) is -1.57. The Kier molecular flexibility index (Phi) is 3.68. The van der Waals surface area contributed by atoms with E-state index in [2.05, 4.69) is 20.3 Å². The molecule has 1 aliphatic rings. The molecule has 1 aliphatic carbocycles. The molecule has 4 N–H and O–H groups in total. The van der Waals surface area contributed by atoms with Gasteiger partial charge in [0.15, 0.2) is 0 Å². The molecule has 0 aromatic carbocycles. The first-order chi connectivity index (χ1) is 9.02. The first kappa shape index (κ1) is 13.3. The lowest BCUT2D eigenvalue weighted by Crippen LogP contribution is -2.51. The minimum Gasteiger partial charge on any atom is -0.481 e. The molecule has 8 nitrogen and oxygen atoms in total. The summed E-state index contributed by atoms with van der Waals surface area (Å²) in [4.78, 5) is 23.0. The zero-order valence-corrected chi connectivity index (χ0v) is 10.4. The van der Waals surface area contributed by atoms with Crippen LogP contribution in [0, 0.1) is 0 Å². The Labute approximate surface area is 109 Å². The second-order valence-corrected chi connectivity index (χ2v) is 4.86. The van der Waals surface area contributed by atoms with Crippen molar-refractivity contribution in [2.24, 2.45) is 0 Å². The van der Waals surface area contributed by atoms with Crippen LogP contribution in [0.25, 0.3) is 0 Å². The van der Waals surface area contributed by atoms with Crippen LogP contribution < -0.4 is 11.1 Å². The maximum atomic E-state index is 12.0. The van der Waals surface area contributed by atoms with Crippen molar-refractivity contribution < 1.29 is 19.3 Å². The molecule has 1 fully saturated rings. The molecule has 0 unspecified atom stereocenters. The standard InChI is InChI=1S/C11H16N4O4/c12-9-8(14-19-15-9)10(18)13-11(6-7(16)17)4-2-1-3-5-11/h1-6H2,(H2,12,15)(H,13,18)(H,16,17). The maximum Gasteiger partial charge on any atom is 0.305 e. The highest BCUT2D eigenvalue weighted by molar-refractivity contribution is 5.96. The molecule has 0 spiro atoms. The summed E-state index contributed by atoms with van der Waals surface area (Å²) in [6, 6.07) is 0. The number of aromatic nitrogens is 2. The molecule has 0 bridgehead atoms. The van der Waals surface area contributed by atoms with Crippen LogP contribution >= 0.6 is 0 Å². The van der Waals surface area contributed by atoms with Crippen molar-refractivity contribution in [1.82, 2.24) is 15.6 Å². The van der Waals surface area contributed by atoms with E-state index in [4.69, 9.17) is 10.8 Å². The lowest BCUT2D eigenvalue weighted by Gasteiger charge is -2.36. The van der Waals surface area contributed by atoms with Crippen LogP contribution in [0.2, 0.25) is 0 Å².